The van der Waals surface area contributed by atoms with Crippen LogP contribution in [0.5, 0.6) is 0 Å². The first kappa shape index (κ1) is 18.9. The SMILES string of the molecule is Cc1ccc(Cl)cc1N1C(=O)CC(c2ccncc2)C2=C1CC(C)(C)CC2=O. The topological polar surface area (TPSA) is 50.3 Å². The van der Waals surface area contributed by atoms with E-state index in [4.69, 9.17) is 11.6 Å². The predicted molar refractivity (Wildman–Crippen MR) is 110 cm³/mol. The van der Waals surface area contributed by atoms with Gasteiger partial charge in [-0.2, -0.15) is 0 Å². The Labute approximate surface area is 170 Å². The van der Waals surface area contributed by atoms with Gasteiger partial charge in [-0.1, -0.05) is 31.5 Å². The zero-order valence-electron chi connectivity index (χ0n) is 16.3. The van der Waals surface area contributed by atoms with E-state index in [-0.39, 0.29) is 29.4 Å². The van der Waals surface area contributed by atoms with E-state index in [1.165, 1.54) is 0 Å². The molecule has 1 amide bonds. The van der Waals surface area contributed by atoms with Gasteiger partial charge in [0.25, 0.3) is 0 Å². The average molecular weight is 395 g/mol. The van der Waals surface area contributed by atoms with Gasteiger partial charge < -0.3 is 0 Å². The molecule has 0 spiro atoms. The lowest BCUT2D eigenvalue weighted by molar-refractivity contribution is -0.121. The molecule has 1 aromatic carbocycles. The van der Waals surface area contributed by atoms with E-state index >= 15 is 0 Å². The van der Waals surface area contributed by atoms with Crippen LogP contribution in [0.15, 0.2) is 54.0 Å². The number of anilines is 1. The lowest BCUT2D eigenvalue weighted by atomic mass is 9.69. The minimum atomic E-state index is -0.218. The number of halogens is 1. The zero-order chi connectivity index (χ0) is 20.1. The minimum absolute atomic E-state index is 0.00331. The van der Waals surface area contributed by atoms with Crippen LogP contribution < -0.4 is 4.90 Å². The molecule has 0 bridgehead atoms. The highest BCUT2D eigenvalue weighted by atomic mass is 35.5. The van der Waals surface area contributed by atoms with Crippen molar-refractivity contribution >= 4 is 29.0 Å². The first-order valence-corrected chi connectivity index (χ1v) is 9.90. The predicted octanol–water partition coefficient (Wildman–Crippen LogP) is 5.21. The van der Waals surface area contributed by atoms with Crippen LogP contribution in [0.1, 0.15) is 50.2 Å². The van der Waals surface area contributed by atoms with Crippen LogP contribution in [0.4, 0.5) is 5.69 Å². The second-order valence-corrected chi connectivity index (χ2v) is 8.93. The Kier molecular flexibility index (Phi) is 4.62. The number of carbonyl (C=O) groups excluding carboxylic acids is 2. The van der Waals surface area contributed by atoms with Crippen LogP contribution in [-0.2, 0) is 9.59 Å². The number of hydrogen-bond acceptors (Lipinski definition) is 3. The van der Waals surface area contributed by atoms with E-state index in [1.54, 1.807) is 17.3 Å². The number of pyridine rings is 1. The van der Waals surface area contributed by atoms with E-state index < -0.39 is 0 Å². The van der Waals surface area contributed by atoms with Crippen molar-refractivity contribution in [2.75, 3.05) is 4.90 Å². The van der Waals surface area contributed by atoms with Gasteiger partial charge in [-0.3, -0.25) is 19.5 Å². The van der Waals surface area contributed by atoms with E-state index in [0.717, 1.165) is 28.1 Å². The third kappa shape index (κ3) is 3.26. The van der Waals surface area contributed by atoms with Crippen molar-refractivity contribution in [3.8, 4) is 0 Å². The van der Waals surface area contributed by atoms with Gasteiger partial charge in [0.2, 0.25) is 5.91 Å². The number of ketones is 1. The van der Waals surface area contributed by atoms with Crippen LogP contribution in [0.3, 0.4) is 0 Å². The van der Waals surface area contributed by atoms with Crippen LogP contribution in [-0.4, -0.2) is 16.7 Å². The maximum absolute atomic E-state index is 13.3. The van der Waals surface area contributed by atoms with E-state index in [0.29, 0.717) is 17.9 Å². The second-order valence-electron chi connectivity index (χ2n) is 8.50. The molecule has 1 unspecified atom stereocenters. The number of hydrogen-bond donors (Lipinski definition) is 0. The average Bonchev–Trinajstić information content (AvgIpc) is 2.63. The summed E-state index contributed by atoms with van der Waals surface area (Å²) in [7, 11) is 0. The third-order valence-corrected chi connectivity index (χ3v) is 5.90. The molecule has 1 aliphatic heterocycles. The Balaban J connectivity index is 1.93. The molecule has 2 aromatic rings. The lowest BCUT2D eigenvalue weighted by Gasteiger charge is -2.43. The fraction of sp³-hybridized carbons (Fsp3) is 0.348. The molecule has 28 heavy (non-hydrogen) atoms. The molecular formula is C23H23ClN2O2. The summed E-state index contributed by atoms with van der Waals surface area (Å²) in [5.41, 5.74) is 4.09. The van der Waals surface area contributed by atoms with Crippen LogP contribution in [0, 0.1) is 12.3 Å². The van der Waals surface area contributed by atoms with Gasteiger partial charge in [0.1, 0.15) is 0 Å². The molecule has 0 radical (unpaired) electrons. The summed E-state index contributed by atoms with van der Waals surface area (Å²) in [5, 5.41) is 0.577. The maximum Gasteiger partial charge on any atom is 0.232 e. The number of amides is 1. The standard InChI is InChI=1S/C23H23ClN2O2/c1-14-4-5-16(24)10-18(14)26-19-12-23(2,3)13-20(27)22(19)17(11-21(26)28)15-6-8-25-9-7-15/h4-10,17H,11-13H2,1-3H3. The van der Waals surface area contributed by atoms with Crippen molar-refractivity contribution in [3.63, 3.8) is 0 Å². The van der Waals surface area contributed by atoms with E-state index in [9.17, 15) is 9.59 Å². The summed E-state index contributed by atoms with van der Waals surface area (Å²) in [6.45, 7) is 6.13. The largest absolute Gasteiger partial charge is 0.294 e. The van der Waals surface area contributed by atoms with Gasteiger partial charge in [-0.05, 0) is 54.2 Å². The molecule has 1 atom stereocenters. The summed E-state index contributed by atoms with van der Waals surface area (Å²) >= 11 is 6.24. The molecule has 0 N–H and O–H groups in total. The van der Waals surface area contributed by atoms with Gasteiger partial charge in [-0.15, -0.1) is 0 Å². The van der Waals surface area contributed by atoms with Crippen molar-refractivity contribution in [2.24, 2.45) is 5.41 Å². The number of nitrogens with zero attached hydrogens (tertiary/aromatic N) is 2. The molecule has 0 saturated carbocycles. The fourth-order valence-electron chi connectivity index (χ4n) is 4.40. The molecule has 1 aliphatic carbocycles. The van der Waals surface area contributed by atoms with E-state index in [1.807, 2.05) is 37.3 Å². The fourth-order valence-corrected chi connectivity index (χ4v) is 4.57. The smallest absolute Gasteiger partial charge is 0.232 e. The Morgan fingerprint density at radius 1 is 1.11 bits per heavy atom. The minimum Gasteiger partial charge on any atom is -0.294 e. The number of rotatable bonds is 2. The Morgan fingerprint density at radius 3 is 2.54 bits per heavy atom. The number of Topliss-reactive ketones (excluding diaryl/α,β-unsaturated/α-hetero) is 1. The first-order valence-electron chi connectivity index (χ1n) is 9.52. The van der Waals surface area contributed by atoms with Crippen molar-refractivity contribution < 1.29 is 9.59 Å². The molecule has 144 valence electrons. The van der Waals surface area contributed by atoms with Crippen molar-refractivity contribution in [1.82, 2.24) is 4.98 Å². The monoisotopic (exact) mass is 394 g/mol. The Hall–Kier alpha value is -2.46. The van der Waals surface area contributed by atoms with E-state index in [2.05, 4.69) is 18.8 Å². The van der Waals surface area contributed by atoms with Gasteiger partial charge in [0.05, 0.1) is 5.69 Å². The van der Waals surface area contributed by atoms with Crippen LogP contribution in [0.2, 0.25) is 5.02 Å². The molecule has 0 fully saturated rings. The van der Waals surface area contributed by atoms with Gasteiger partial charge >= 0.3 is 0 Å². The van der Waals surface area contributed by atoms with Gasteiger partial charge in [-0.25, -0.2) is 0 Å². The number of allylic oxidation sites excluding steroid dienone is 2. The maximum atomic E-state index is 13.3. The highest BCUT2D eigenvalue weighted by Crippen LogP contribution is 2.48. The number of carbonyl (C=O) groups is 2. The lowest BCUT2D eigenvalue weighted by Crippen LogP contribution is -2.44. The molecule has 2 heterocycles. The second kappa shape index (κ2) is 6.85. The summed E-state index contributed by atoms with van der Waals surface area (Å²) < 4.78 is 0. The van der Waals surface area contributed by atoms with Crippen molar-refractivity contribution in [2.45, 2.75) is 46.0 Å². The highest BCUT2D eigenvalue weighted by molar-refractivity contribution is 6.31. The molecule has 4 nitrogen and oxygen atoms in total. The summed E-state index contributed by atoms with van der Waals surface area (Å²) in [4.78, 5) is 32.4. The first-order chi connectivity index (χ1) is 13.3. The molecule has 1 aromatic heterocycles. The Morgan fingerprint density at radius 2 is 1.82 bits per heavy atom. The molecular weight excluding hydrogens is 372 g/mol. The van der Waals surface area contributed by atoms with Gasteiger partial charge in [0, 0.05) is 47.4 Å². The van der Waals surface area contributed by atoms with Crippen LogP contribution in [0.25, 0.3) is 0 Å². The van der Waals surface area contributed by atoms with Gasteiger partial charge in [0.15, 0.2) is 5.78 Å². The summed E-state index contributed by atoms with van der Waals surface area (Å²) in [6, 6.07) is 9.35. The molecule has 0 saturated heterocycles. The van der Waals surface area contributed by atoms with Crippen molar-refractivity contribution in [1.29, 1.82) is 0 Å². The normalized spacial score (nSPS) is 21.7. The van der Waals surface area contributed by atoms with Crippen molar-refractivity contribution in [3.05, 3.63) is 70.1 Å². The third-order valence-electron chi connectivity index (χ3n) is 5.66. The Bertz CT molecular complexity index is 995. The number of aromatic nitrogens is 1. The summed E-state index contributed by atoms with van der Waals surface area (Å²) in [5.74, 6) is -0.0912. The van der Waals surface area contributed by atoms with Crippen LogP contribution >= 0.6 is 11.6 Å². The molecule has 4 rings (SSSR count). The molecule has 5 heteroatoms. The number of benzene rings is 1. The zero-order valence-corrected chi connectivity index (χ0v) is 17.1. The molecule has 2 aliphatic rings. The number of aryl methyl sites for hydroxylation is 1. The quantitative estimate of drug-likeness (QED) is 0.702. The highest BCUT2D eigenvalue weighted by Gasteiger charge is 2.44. The summed E-state index contributed by atoms with van der Waals surface area (Å²) in [6.07, 6.45) is 4.86.